The average molecular weight is 342 g/mol. The molecule has 1 aliphatic rings. The third-order valence-corrected chi connectivity index (χ3v) is 5.19. The number of allylic oxidation sites excluding steroid dienone is 1. The van der Waals surface area contributed by atoms with Gasteiger partial charge in [-0.1, -0.05) is 55.7 Å². The number of carbonyl (C=O) groups is 1. The molecule has 0 saturated heterocycles. The largest absolute Gasteiger partial charge is 0.289 e. The molecule has 3 aromatic rings. The second kappa shape index (κ2) is 7.61. The lowest BCUT2D eigenvalue weighted by molar-refractivity contribution is 0.104. The summed E-state index contributed by atoms with van der Waals surface area (Å²) in [6.45, 7) is 0. The van der Waals surface area contributed by atoms with E-state index in [1.807, 2.05) is 36.4 Å². The summed E-state index contributed by atoms with van der Waals surface area (Å²) in [7, 11) is 0. The summed E-state index contributed by atoms with van der Waals surface area (Å²) in [4.78, 5) is 21.0. The average Bonchev–Trinajstić information content (AvgIpc) is 2.72. The molecule has 4 rings (SSSR count). The molecule has 2 aromatic carbocycles. The van der Waals surface area contributed by atoms with Gasteiger partial charge in [0.05, 0.1) is 11.0 Å². The Morgan fingerprint density at radius 2 is 1.62 bits per heavy atom. The van der Waals surface area contributed by atoms with E-state index in [-0.39, 0.29) is 5.78 Å². The molecule has 0 amide bonds. The van der Waals surface area contributed by atoms with Crippen molar-refractivity contribution in [3.63, 3.8) is 0 Å². The van der Waals surface area contributed by atoms with Crippen molar-refractivity contribution in [2.45, 2.75) is 38.0 Å². The first-order valence-electron chi connectivity index (χ1n) is 9.33. The normalized spacial score (nSPS) is 15.5. The van der Waals surface area contributed by atoms with E-state index in [1.54, 1.807) is 18.5 Å². The molecule has 1 heterocycles. The van der Waals surface area contributed by atoms with Gasteiger partial charge in [0.2, 0.25) is 0 Å². The van der Waals surface area contributed by atoms with Crippen LogP contribution in [-0.4, -0.2) is 15.8 Å². The Balaban J connectivity index is 1.47. The summed E-state index contributed by atoms with van der Waals surface area (Å²) in [5.74, 6) is 0.696. The van der Waals surface area contributed by atoms with Crippen LogP contribution in [0.15, 0.2) is 60.9 Å². The molecule has 0 N–H and O–H groups in total. The van der Waals surface area contributed by atoms with Crippen LogP contribution in [0.3, 0.4) is 0 Å². The van der Waals surface area contributed by atoms with Gasteiger partial charge in [0.1, 0.15) is 0 Å². The van der Waals surface area contributed by atoms with Crippen molar-refractivity contribution in [1.82, 2.24) is 9.97 Å². The lowest BCUT2D eigenvalue weighted by atomic mass is 9.84. The number of ketones is 1. The van der Waals surface area contributed by atoms with Crippen molar-refractivity contribution >= 4 is 22.9 Å². The summed E-state index contributed by atoms with van der Waals surface area (Å²) >= 11 is 0. The summed E-state index contributed by atoms with van der Waals surface area (Å²) in [6.07, 6.45) is 13.4. The van der Waals surface area contributed by atoms with E-state index in [0.717, 1.165) is 22.2 Å². The molecule has 3 heteroatoms. The number of aromatic nitrogens is 2. The Bertz CT molecular complexity index is 938. The van der Waals surface area contributed by atoms with Gasteiger partial charge in [-0.2, -0.15) is 0 Å². The predicted molar refractivity (Wildman–Crippen MR) is 105 cm³/mol. The fraction of sp³-hybridized carbons (Fsp3) is 0.261. The SMILES string of the molecule is O=C(C=Cc1ccc2nccnc2c1)c1ccc(C2CCCCC2)cc1. The van der Waals surface area contributed by atoms with Gasteiger partial charge < -0.3 is 0 Å². The zero-order valence-electron chi connectivity index (χ0n) is 14.8. The number of fused-ring (bicyclic) bond motifs is 1. The van der Waals surface area contributed by atoms with Crippen LogP contribution < -0.4 is 0 Å². The Hall–Kier alpha value is -2.81. The molecule has 26 heavy (non-hydrogen) atoms. The standard InChI is InChI=1S/C23H22N2O/c26-23(13-7-17-6-12-21-22(16-17)25-15-14-24-21)20-10-8-19(9-11-20)18-4-2-1-3-5-18/h6-16,18H,1-5H2. The molecule has 130 valence electrons. The van der Waals surface area contributed by atoms with Gasteiger partial charge in [-0.05, 0) is 48.1 Å². The zero-order valence-corrected chi connectivity index (χ0v) is 14.8. The van der Waals surface area contributed by atoms with E-state index in [0.29, 0.717) is 5.92 Å². The first-order valence-corrected chi connectivity index (χ1v) is 9.33. The van der Waals surface area contributed by atoms with Gasteiger partial charge in [-0.15, -0.1) is 0 Å². The van der Waals surface area contributed by atoms with Crippen LogP contribution in [0.4, 0.5) is 0 Å². The highest BCUT2D eigenvalue weighted by molar-refractivity contribution is 6.06. The number of hydrogen-bond acceptors (Lipinski definition) is 3. The van der Waals surface area contributed by atoms with Crippen molar-refractivity contribution in [1.29, 1.82) is 0 Å². The maximum Gasteiger partial charge on any atom is 0.185 e. The Morgan fingerprint density at radius 3 is 2.38 bits per heavy atom. The molecule has 0 bridgehead atoms. The van der Waals surface area contributed by atoms with Crippen LogP contribution >= 0.6 is 0 Å². The third kappa shape index (κ3) is 3.72. The first-order chi connectivity index (χ1) is 12.8. The molecule has 1 aromatic heterocycles. The molecule has 3 nitrogen and oxygen atoms in total. The molecule has 1 saturated carbocycles. The minimum atomic E-state index is 0.0273. The van der Waals surface area contributed by atoms with Crippen LogP contribution in [0, 0.1) is 0 Å². The van der Waals surface area contributed by atoms with E-state index >= 15 is 0 Å². The van der Waals surface area contributed by atoms with Crippen LogP contribution in [0.2, 0.25) is 0 Å². The summed E-state index contributed by atoms with van der Waals surface area (Å²) in [5.41, 5.74) is 4.75. The summed E-state index contributed by atoms with van der Waals surface area (Å²) in [6, 6.07) is 14.0. The minimum absolute atomic E-state index is 0.0273. The van der Waals surface area contributed by atoms with Crippen molar-refractivity contribution in [2.24, 2.45) is 0 Å². The Kier molecular flexibility index (Phi) is 4.87. The van der Waals surface area contributed by atoms with E-state index in [1.165, 1.54) is 37.7 Å². The Labute approximate surface area is 153 Å². The molecule has 1 aliphatic carbocycles. The van der Waals surface area contributed by atoms with E-state index in [2.05, 4.69) is 22.1 Å². The minimum Gasteiger partial charge on any atom is -0.289 e. The highest BCUT2D eigenvalue weighted by Crippen LogP contribution is 2.32. The topological polar surface area (TPSA) is 42.9 Å². The van der Waals surface area contributed by atoms with Crippen molar-refractivity contribution < 1.29 is 4.79 Å². The second-order valence-corrected chi connectivity index (χ2v) is 6.96. The van der Waals surface area contributed by atoms with E-state index in [4.69, 9.17) is 0 Å². The van der Waals surface area contributed by atoms with Gasteiger partial charge in [-0.3, -0.25) is 14.8 Å². The lowest BCUT2D eigenvalue weighted by Gasteiger charge is -2.21. The number of carbonyl (C=O) groups excluding carboxylic acids is 1. The fourth-order valence-corrected chi connectivity index (χ4v) is 3.71. The molecule has 0 atom stereocenters. The lowest BCUT2D eigenvalue weighted by Crippen LogP contribution is -2.05. The first kappa shape index (κ1) is 16.6. The number of nitrogens with zero attached hydrogens (tertiary/aromatic N) is 2. The van der Waals surface area contributed by atoms with Crippen LogP contribution in [0.25, 0.3) is 17.1 Å². The van der Waals surface area contributed by atoms with Crippen LogP contribution in [0.5, 0.6) is 0 Å². The highest BCUT2D eigenvalue weighted by Gasteiger charge is 2.15. The molecule has 0 spiro atoms. The highest BCUT2D eigenvalue weighted by atomic mass is 16.1. The second-order valence-electron chi connectivity index (χ2n) is 6.96. The maximum atomic E-state index is 12.5. The molecular formula is C23H22N2O. The smallest absolute Gasteiger partial charge is 0.185 e. The van der Waals surface area contributed by atoms with Gasteiger partial charge in [-0.25, -0.2) is 0 Å². The van der Waals surface area contributed by atoms with Gasteiger partial charge >= 0.3 is 0 Å². The quantitative estimate of drug-likeness (QED) is 0.459. The summed E-state index contributed by atoms with van der Waals surface area (Å²) < 4.78 is 0. The molecular weight excluding hydrogens is 320 g/mol. The zero-order chi connectivity index (χ0) is 17.8. The van der Waals surface area contributed by atoms with E-state index < -0.39 is 0 Å². The van der Waals surface area contributed by atoms with Crippen molar-refractivity contribution in [2.75, 3.05) is 0 Å². The number of hydrogen-bond donors (Lipinski definition) is 0. The van der Waals surface area contributed by atoms with Crippen molar-refractivity contribution in [3.05, 3.63) is 77.6 Å². The molecule has 0 aliphatic heterocycles. The molecule has 0 radical (unpaired) electrons. The fourth-order valence-electron chi connectivity index (χ4n) is 3.71. The molecule has 1 fully saturated rings. The molecule has 0 unspecified atom stereocenters. The van der Waals surface area contributed by atoms with Crippen LogP contribution in [0.1, 0.15) is 59.5 Å². The van der Waals surface area contributed by atoms with Crippen LogP contribution in [-0.2, 0) is 0 Å². The van der Waals surface area contributed by atoms with Crippen molar-refractivity contribution in [3.8, 4) is 0 Å². The monoisotopic (exact) mass is 342 g/mol. The van der Waals surface area contributed by atoms with E-state index in [9.17, 15) is 4.79 Å². The third-order valence-electron chi connectivity index (χ3n) is 5.19. The predicted octanol–water partition coefficient (Wildman–Crippen LogP) is 5.57. The number of rotatable bonds is 4. The summed E-state index contributed by atoms with van der Waals surface area (Å²) in [5, 5.41) is 0. The Morgan fingerprint density at radius 1 is 0.885 bits per heavy atom. The van der Waals surface area contributed by atoms with Gasteiger partial charge in [0.25, 0.3) is 0 Å². The maximum absolute atomic E-state index is 12.5. The van der Waals surface area contributed by atoms with Gasteiger partial charge in [0.15, 0.2) is 5.78 Å². The number of benzene rings is 2. The van der Waals surface area contributed by atoms with Gasteiger partial charge in [0, 0.05) is 18.0 Å².